The van der Waals surface area contributed by atoms with Crippen molar-refractivity contribution in [3.05, 3.63) is 46.2 Å². The van der Waals surface area contributed by atoms with E-state index in [9.17, 15) is 0 Å². The molecule has 0 aliphatic carbocycles. The minimum atomic E-state index is 0. The van der Waals surface area contributed by atoms with Gasteiger partial charge < -0.3 is 5.32 Å². The maximum atomic E-state index is 4.65. The molecule has 2 heterocycles. The Bertz CT molecular complexity index is 611. The molecule has 1 aromatic carbocycles. The normalized spacial score (nSPS) is 19.0. The lowest BCUT2D eigenvalue weighted by Gasteiger charge is -2.31. The van der Waals surface area contributed by atoms with E-state index in [2.05, 4.69) is 63.4 Å². The van der Waals surface area contributed by atoms with Crippen LogP contribution in [-0.4, -0.2) is 40.4 Å². The van der Waals surface area contributed by atoms with Gasteiger partial charge in [0.2, 0.25) is 0 Å². The van der Waals surface area contributed by atoms with Crippen molar-refractivity contribution >= 4 is 28.3 Å². The van der Waals surface area contributed by atoms with Crippen molar-refractivity contribution in [2.75, 3.05) is 19.6 Å². The van der Waals surface area contributed by atoms with Crippen molar-refractivity contribution in [2.45, 2.75) is 26.4 Å². The molecule has 0 unspecified atom stereocenters. The van der Waals surface area contributed by atoms with E-state index in [0.717, 1.165) is 42.0 Å². The van der Waals surface area contributed by atoms with Crippen LogP contribution in [0, 0.1) is 6.92 Å². The van der Waals surface area contributed by atoms with E-state index in [0.29, 0.717) is 6.04 Å². The number of aryl methyl sites for hydroxylation is 1. The van der Waals surface area contributed by atoms with Crippen LogP contribution in [0.4, 0.5) is 0 Å². The first-order valence-electron chi connectivity index (χ1n) is 7.38. The van der Waals surface area contributed by atoms with Gasteiger partial charge in [-0.2, -0.15) is 5.10 Å². The van der Waals surface area contributed by atoms with Gasteiger partial charge in [-0.15, -0.1) is 12.4 Å². The van der Waals surface area contributed by atoms with Gasteiger partial charge in [-0.25, -0.2) is 4.68 Å². The fourth-order valence-corrected chi connectivity index (χ4v) is 3.04. The molecule has 1 atom stereocenters. The summed E-state index contributed by atoms with van der Waals surface area (Å²) in [5.74, 6) is 0. The van der Waals surface area contributed by atoms with E-state index >= 15 is 0 Å². The Balaban J connectivity index is 0.00000176. The van der Waals surface area contributed by atoms with Gasteiger partial charge in [0.25, 0.3) is 0 Å². The van der Waals surface area contributed by atoms with E-state index in [1.165, 1.54) is 5.56 Å². The Hall–Kier alpha value is -0.880. The van der Waals surface area contributed by atoms with Crippen LogP contribution in [0.1, 0.15) is 18.2 Å². The van der Waals surface area contributed by atoms with Crippen LogP contribution >= 0.6 is 28.3 Å². The van der Waals surface area contributed by atoms with Crippen molar-refractivity contribution in [1.29, 1.82) is 0 Å². The lowest BCUT2D eigenvalue weighted by Crippen LogP contribution is -2.48. The highest BCUT2D eigenvalue weighted by atomic mass is 79.9. The first-order chi connectivity index (χ1) is 10.1. The quantitative estimate of drug-likeness (QED) is 0.881. The lowest BCUT2D eigenvalue weighted by atomic mass is 10.2. The summed E-state index contributed by atoms with van der Waals surface area (Å²) >= 11 is 3.47. The molecule has 1 aliphatic heterocycles. The largest absolute Gasteiger partial charge is 0.312 e. The predicted octanol–water partition coefficient (Wildman–Crippen LogP) is 3.16. The molecule has 0 spiro atoms. The Morgan fingerprint density at radius 3 is 2.73 bits per heavy atom. The van der Waals surface area contributed by atoms with Crippen LogP contribution in [0.3, 0.4) is 0 Å². The third-order valence-corrected chi connectivity index (χ3v) is 4.47. The van der Waals surface area contributed by atoms with Crippen molar-refractivity contribution in [1.82, 2.24) is 20.0 Å². The molecule has 0 amide bonds. The Morgan fingerprint density at radius 1 is 1.32 bits per heavy atom. The number of rotatable bonds is 3. The molecule has 120 valence electrons. The van der Waals surface area contributed by atoms with E-state index in [4.69, 9.17) is 0 Å². The molecule has 0 radical (unpaired) electrons. The second kappa shape index (κ2) is 7.59. The van der Waals surface area contributed by atoms with Crippen LogP contribution < -0.4 is 5.32 Å². The van der Waals surface area contributed by atoms with E-state index in [1.807, 2.05) is 16.8 Å². The Kier molecular flexibility index (Phi) is 6.03. The summed E-state index contributed by atoms with van der Waals surface area (Å²) in [4.78, 5) is 2.50. The lowest BCUT2D eigenvalue weighted by molar-refractivity contribution is 0.199. The average molecular weight is 386 g/mol. The van der Waals surface area contributed by atoms with Gasteiger partial charge in [0.1, 0.15) is 0 Å². The molecule has 2 aromatic rings. The van der Waals surface area contributed by atoms with Gasteiger partial charge in [0.15, 0.2) is 0 Å². The van der Waals surface area contributed by atoms with Gasteiger partial charge in [0, 0.05) is 48.5 Å². The number of nitrogens with zero attached hydrogens (tertiary/aromatic N) is 3. The van der Waals surface area contributed by atoms with Crippen LogP contribution in [-0.2, 0) is 6.54 Å². The molecule has 6 heteroatoms. The molecule has 0 saturated carbocycles. The number of benzene rings is 1. The minimum absolute atomic E-state index is 0. The van der Waals surface area contributed by atoms with Crippen LogP contribution in [0.5, 0.6) is 0 Å². The van der Waals surface area contributed by atoms with Gasteiger partial charge >= 0.3 is 0 Å². The maximum Gasteiger partial charge on any atom is 0.0646 e. The highest BCUT2D eigenvalue weighted by Crippen LogP contribution is 2.17. The molecule has 0 bridgehead atoms. The van der Waals surface area contributed by atoms with Gasteiger partial charge in [-0.1, -0.05) is 15.9 Å². The van der Waals surface area contributed by atoms with Crippen molar-refractivity contribution in [3.8, 4) is 5.69 Å². The zero-order valence-electron chi connectivity index (χ0n) is 12.9. The molecular weight excluding hydrogens is 364 g/mol. The van der Waals surface area contributed by atoms with E-state index in [1.54, 1.807) is 0 Å². The molecule has 22 heavy (non-hydrogen) atoms. The molecule has 1 aromatic heterocycles. The fourth-order valence-electron chi connectivity index (χ4n) is 2.77. The van der Waals surface area contributed by atoms with Gasteiger partial charge in [-0.3, -0.25) is 4.90 Å². The number of nitrogens with one attached hydrogen (secondary N) is 1. The average Bonchev–Trinajstić information content (AvgIpc) is 2.81. The number of piperazine rings is 1. The van der Waals surface area contributed by atoms with E-state index < -0.39 is 0 Å². The smallest absolute Gasteiger partial charge is 0.0646 e. The molecule has 1 saturated heterocycles. The summed E-state index contributed by atoms with van der Waals surface area (Å²) in [7, 11) is 0. The summed E-state index contributed by atoms with van der Waals surface area (Å²) in [6, 6.07) is 8.81. The summed E-state index contributed by atoms with van der Waals surface area (Å²) in [6.07, 6.45) is 2.16. The standard InChI is InChI=1S/C16H21BrN4.ClH/c1-12-9-20(8-7-18-12)10-14-11-21(19-13(14)2)16-5-3-15(17)4-6-16;/h3-6,11-12,18H,7-10H2,1-2H3;1H/t12-;/m0./s1. The van der Waals surface area contributed by atoms with Crippen LogP contribution in [0.15, 0.2) is 34.9 Å². The van der Waals surface area contributed by atoms with Gasteiger partial charge in [-0.05, 0) is 38.1 Å². The third kappa shape index (κ3) is 4.10. The highest BCUT2D eigenvalue weighted by Gasteiger charge is 2.17. The first-order valence-corrected chi connectivity index (χ1v) is 8.18. The number of aromatic nitrogens is 2. The number of hydrogen-bond donors (Lipinski definition) is 1. The fraction of sp³-hybridized carbons (Fsp3) is 0.438. The molecule has 4 nitrogen and oxygen atoms in total. The monoisotopic (exact) mass is 384 g/mol. The summed E-state index contributed by atoms with van der Waals surface area (Å²) in [6.45, 7) is 8.59. The zero-order valence-corrected chi connectivity index (χ0v) is 15.3. The third-order valence-electron chi connectivity index (χ3n) is 3.94. The highest BCUT2D eigenvalue weighted by molar-refractivity contribution is 9.10. The van der Waals surface area contributed by atoms with Gasteiger partial charge in [0.05, 0.1) is 11.4 Å². The van der Waals surface area contributed by atoms with Crippen molar-refractivity contribution < 1.29 is 0 Å². The summed E-state index contributed by atoms with van der Waals surface area (Å²) < 4.78 is 3.06. The van der Waals surface area contributed by atoms with Crippen molar-refractivity contribution in [2.24, 2.45) is 0 Å². The molecular formula is C16H22BrClN4. The predicted molar refractivity (Wildman–Crippen MR) is 96.0 cm³/mol. The maximum absolute atomic E-state index is 4.65. The molecule has 1 aliphatic rings. The van der Waals surface area contributed by atoms with Crippen LogP contribution in [0.2, 0.25) is 0 Å². The minimum Gasteiger partial charge on any atom is -0.312 e. The summed E-state index contributed by atoms with van der Waals surface area (Å²) in [5.41, 5.74) is 3.53. The van der Waals surface area contributed by atoms with Crippen LogP contribution in [0.25, 0.3) is 5.69 Å². The SMILES string of the molecule is Cc1nn(-c2ccc(Br)cc2)cc1CN1CCN[C@@H](C)C1.Cl. The Labute approximate surface area is 146 Å². The Morgan fingerprint density at radius 2 is 2.05 bits per heavy atom. The van der Waals surface area contributed by atoms with E-state index in [-0.39, 0.29) is 12.4 Å². The number of halogens is 2. The first kappa shape index (κ1) is 17.5. The second-order valence-electron chi connectivity index (χ2n) is 5.75. The second-order valence-corrected chi connectivity index (χ2v) is 6.67. The molecule has 3 rings (SSSR count). The topological polar surface area (TPSA) is 33.1 Å². The molecule has 1 fully saturated rings. The zero-order chi connectivity index (χ0) is 14.8. The molecule has 1 N–H and O–H groups in total. The number of hydrogen-bond acceptors (Lipinski definition) is 3. The van der Waals surface area contributed by atoms with Crippen molar-refractivity contribution in [3.63, 3.8) is 0 Å². The summed E-state index contributed by atoms with van der Waals surface area (Å²) in [5, 5.41) is 8.14.